The molecule has 1 aromatic carbocycles. The van der Waals surface area contributed by atoms with E-state index in [1.807, 2.05) is 0 Å². The third-order valence-electron chi connectivity index (χ3n) is 4.40. The summed E-state index contributed by atoms with van der Waals surface area (Å²) in [7, 11) is 0. The average Bonchev–Trinajstić information content (AvgIpc) is 2.53. The van der Waals surface area contributed by atoms with Gasteiger partial charge in [0, 0.05) is 18.6 Å². The maximum atomic E-state index is 6.02. The summed E-state index contributed by atoms with van der Waals surface area (Å²) in [6.45, 7) is 4.28. The minimum atomic E-state index is 0.500. The van der Waals surface area contributed by atoms with Crippen LogP contribution in [0, 0.1) is 0 Å². The molecule has 2 heteroatoms. The lowest BCUT2D eigenvalue weighted by Gasteiger charge is -2.40. The first-order chi connectivity index (χ1) is 9.85. The van der Waals surface area contributed by atoms with Gasteiger partial charge in [0.15, 0.2) is 0 Å². The Morgan fingerprint density at radius 3 is 2.80 bits per heavy atom. The Kier molecular flexibility index (Phi) is 6.28. The van der Waals surface area contributed by atoms with Gasteiger partial charge in [0.2, 0.25) is 0 Å². The standard InChI is InChI=1S/C18H28N2/c1-2-17-12-6-7-14-20(17)18(15-19)13-8-11-16-9-4-3-5-10-16/h3-5,8-11,17-18H,2,6-7,12-15,19H2,1H3/b11-8-. The SMILES string of the molecule is CCC1CCCCN1C(CN)C/C=C\c1ccccc1. The van der Waals surface area contributed by atoms with Crippen molar-refractivity contribution in [2.45, 2.75) is 51.1 Å². The third kappa shape index (κ3) is 4.19. The first-order valence-electron chi connectivity index (χ1n) is 8.02. The van der Waals surface area contributed by atoms with Crippen molar-refractivity contribution < 1.29 is 0 Å². The molecule has 1 heterocycles. The van der Waals surface area contributed by atoms with E-state index in [9.17, 15) is 0 Å². The van der Waals surface area contributed by atoms with Crippen molar-refractivity contribution in [1.29, 1.82) is 0 Å². The Morgan fingerprint density at radius 2 is 2.10 bits per heavy atom. The molecule has 1 aliphatic rings. The first kappa shape index (κ1) is 15.3. The van der Waals surface area contributed by atoms with Crippen LogP contribution >= 0.6 is 0 Å². The minimum absolute atomic E-state index is 0.500. The first-order valence-corrected chi connectivity index (χ1v) is 8.02. The van der Waals surface area contributed by atoms with Crippen LogP contribution in [-0.2, 0) is 0 Å². The van der Waals surface area contributed by atoms with Crippen LogP contribution in [0.3, 0.4) is 0 Å². The Balaban J connectivity index is 1.92. The molecular formula is C18H28N2. The maximum absolute atomic E-state index is 6.02. The molecule has 0 bridgehead atoms. The molecule has 1 fully saturated rings. The lowest BCUT2D eigenvalue weighted by atomic mass is 9.96. The van der Waals surface area contributed by atoms with Crippen molar-refractivity contribution in [1.82, 2.24) is 4.90 Å². The number of piperidine rings is 1. The Labute approximate surface area is 123 Å². The van der Waals surface area contributed by atoms with Gasteiger partial charge in [-0.25, -0.2) is 0 Å². The van der Waals surface area contributed by atoms with Gasteiger partial charge < -0.3 is 5.73 Å². The molecule has 0 aliphatic carbocycles. The summed E-state index contributed by atoms with van der Waals surface area (Å²) in [4.78, 5) is 2.65. The molecule has 0 amide bonds. The zero-order chi connectivity index (χ0) is 14.2. The van der Waals surface area contributed by atoms with Gasteiger partial charge in [-0.2, -0.15) is 0 Å². The number of rotatable bonds is 6. The fraction of sp³-hybridized carbons (Fsp3) is 0.556. The Bertz CT molecular complexity index is 399. The molecule has 2 unspecified atom stereocenters. The van der Waals surface area contributed by atoms with Crippen molar-refractivity contribution in [2.24, 2.45) is 5.73 Å². The highest BCUT2D eigenvalue weighted by Gasteiger charge is 2.25. The highest BCUT2D eigenvalue weighted by atomic mass is 15.2. The van der Waals surface area contributed by atoms with Gasteiger partial charge in [0.25, 0.3) is 0 Å². The second-order valence-electron chi connectivity index (χ2n) is 5.73. The molecule has 2 rings (SSSR count). The van der Waals surface area contributed by atoms with Crippen LogP contribution in [-0.4, -0.2) is 30.1 Å². The van der Waals surface area contributed by atoms with Crippen LogP contribution in [0.15, 0.2) is 36.4 Å². The molecule has 0 radical (unpaired) electrons. The second-order valence-corrected chi connectivity index (χ2v) is 5.73. The van der Waals surface area contributed by atoms with Gasteiger partial charge in [0.1, 0.15) is 0 Å². The van der Waals surface area contributed by atoms with Gasteiger partial charge in [0.05, 0.1) is 0 Å². The van der Waals surface area contributed by atoms with Gasteiger partial charge in [-0.3, -0.25) is 4.90 Å². The number of hydrogen-bond donors (Lipinski definition) is 1. The highest BCUT2D eigenvalue weighted by Crippen LogP contribution is 2.23. The van der Waals surface area contributed by atoms with Crippen molar-refractivity contribution >= 4 is 6.08 Å². The lowest BCUT2D eigenvalue weighted by molar-refractivity contribution is 0.0962. The highest BCUT2D eigenvalue weighted by molar-refractivity contribution is 5.48. The van der Waals surface area contributed by atoms with Gasteiger partial charge in [-0.05, 0) is 37.8 Å². The maximum Gasteiger partial charge on any atom is 0.0255 e. The van der Waals surface area contributed by atoms with Crippen molar-refractivity contribution in [2.75, 3.05) is 13.1 Å². The summed E-state index contributed by atoms with van der Waals surface area (Å²) in [5, 5.41) is 0. The van der Waals surface area contributed by atoms with Crippen LogP contribution < -0.4 is 5.73 Å². The normalized spacial score (nSPS) is 22.2. The molecule has 2 nitrogen and oxygen atoms in total. The topological polar surface area (TPSA) is 29.3 Å². The molecule has 0 spiro atoms. The lowest BCUT2D eigenvalue weighted by Crippen LogP contribution is -2.48. The van der Waals surface area contributed by atoms with E-state index in [0.717, 1.165) is 19.0 Å². The number of nitrogens with zero attached hydrogens (tertiary/aromatic N) is 1. The summed E-state index contributed by atoms with van der Waals surface area (Å²) < 4.78 is 0. The summed E-state index contributed by atoms with van der Waals surface area (Å²) in [5.74, 6) is 0. The molecule has 2 N–H and O–H groups in total. The molecule has 2 atom stereocenters. The quantitative estimate of drug-likeness (QED) is 0.856. The monoisotopic (exact) mass is 272 g/mol. The number of hydrogen-bond acceptors (Lipinski definition) is 2. The van der Waals surface area contributed by atoms with E-state index < -0.39 is 0 Å². The predicted molar refractivity (Wildman–Crippen MR) is 87.6 cm³/mol. The van der Waals surface area contributed by atoms with Crippen LogP contribution in [0.1, 0.15) is 44.6 Å². The number of benzene rings is 1. The zero-order valence-electron chi connectivity index (χ0n) is 12.7. The molecule has 110 valence electrons. The van der Waals surface area contributed by atoms with Gasteiger partial charge >= 0.3 is 0 Å². The summed E-state index contributed by atoms with van der Waals surface area (Å²) in [6, 6.07) is 11.7. The third-order valence-corrected chi connectivity index (χ3v) is 4.40. The minimum Gasteiger partial charge on any atom is -0.329 e. The van der Waals surface area contributed by atoms with Gasteiger partial charge in [-0.1, -0.05) is 55.8 Å². The Hall–Kier alpha value is -1.12. The largest absolute Gasteiger partial charge is 0.329 e. The fourth-order valence-electron chi connectivity index (χ4n) is 3.23. The summed E-state index contributed by atoms with van der Waals surface area (Å²) >= 11 is 0. The molecule has 1 saturated heterocycles. The molecule has 0 saturated carbocycles. The Morgan fingerprint density at radius 1 is 1.30 bits per heavy atom. The van der Waals surface area contributed by atoms with E-state index in [0.29, 0.717) is 6.04 Å². The summed E-state index contributed by atoms with van der Waals surface area (Å²) in [5.41, 5.74) is 7.30. The molecule has 0 aromatic heterocycles. The van der Waals surface area contributed by atoms with Crippen LogP contribution in [0.5, 0.6) is 0 Å². The predicted octanol–water partition coefficient (Wildman–Crippen LogP) is 3.68. The fourth-order valence-corrected chi connectivity index (χ4v) is 3.23. The van der Waals surface area contributed by atoms with Crippen LogP contribution in [0.25, 0.3) is 6.08 Å². The van der Waals surface area contributed by atoms with E-state index in [2.05, 4.69) is 54.3 Å². The second kappa shape index (κ2) is 8.23. The zero-order valence-corrected chi connectivity index (χ0v) is 12.7. The van der Waals surface area contributed by atoms with E-state index >= 15 is 0 Å². The van der Waals surface area contributed by atoms with Crippen LogP contribution in [0.2, 0.25) is 0 Å². The molecule has 20 heavy (non-hydrogen) atoms. The summed E-state index contributed by atoms with van der Waals surface area (Å²) in [6.07, 6.45) is 10.9. The van der Waals surface area contributed by atoms with Gasteiger partial charge in [-0.15, -0.1) is 0 Å². The van der Waals surface area contributed by atoms with E-state index in [1.54, 1.807) is 0 Å². The van der Waals surface area contributed by atoms with E-state index in [4.69, 9.17) is 5.73 Å². The van der Waals surface area contributed by atoms with Crippen molar-refractivity contribution in [3.8, 4) is 0 Å². The van der Waals surface area contributed by atoms with Crippen LogP contribution in [0.4, 0.5) is 0 Å². The number of likely N-dealkylation sites (tertiary alicyclic amines) is 1. The molecule has 1 aromatic rings. The van der Waals surface area contributed by atoms with Crippen molar-refractivity contribution in [3.05, 3.63) is 42.0 Å². The molecule has 1 aliphatic heterocycles. The van der Waals surface area contributed by atoms with E-state index in [-0.39, 0.29) is 0 Å². The smallest absolute Gasteiger partial charge is 0.0255 e. The average molecular weight is 272 g/mol. The number of nitrogens with two attached hydrogens (primary N) is 1. The molecular weight excluding hydrogens is 244 g/mol. The van der Waals surface area contributed by atoms with E-state index in [1.165, 1.54) is 37.8 Å². The van der Waals surface area contributed by atoms with Crippen molar-refractivity contribution in [3.63, 3.8) is 0 Å².